The van der Waals surface area contributed by atoms with Crippen molar-refractivity contribution in [3.8, 4) is 0 Å². The average Bonchev–Trinajstić information content (AvgIpc) is 2.89. The van der Waals surface area contributed by atoms with Crippen molar-refractivity contribution in [2.75, 3.05) is 0 Å². The molecule has 2 heterocycles. The predicted molar refractivity (Wildman–Crippen MR) is 74.6 cm³/mol. The molecule has 0 fully saturated rings. The molecule has 2 rings (SSSR count). The van der Waals surface area contributed by atoms with Crippen LogP contribution < -0.4 is 11.2 Å². The maximum Gasteiger partial charge on any atom is 0.332 e. The van der Waals surface area contributed by atoms with Crippen molar-refractivity contribution in [1.82, 2.24) is 18.7 Å². The van der Waals surface area contributed by atoms with Gasteiger partial charge in [0.05, 0.1) is 12.5 Å². The van der Waals surface area contributed by atoms with Crippen molar-refractivity contribution >= 4 is 11.2 Å². The molecule has 2 aromatic heterocycles. The molecule has 0 saturated heterocycles. The molecular formula is C13H19FN4O2. The number of fused-ring (bicyclic) bond motifs is 1. The van der Waals surface area contributed by atoms with E-state index in [9.17, 15) is 14.0 Å². The highest BCUT2D eigenvalue weighted by atomic mass is 19.1. The van der Waals surface area contributed by atoms with Crippen molar-refractivity contribution in [2.24, 2.45) is 14.0 Å². The van der Waals surface area contributed by atoms with E-state index >= 15 is 0 Å². The predicted octanol–water partition coefficient (Wildman–Crippen LogP) is 0.962. The number of imidazole rings is 1. The van der Waals surface area contributed by atoms with E-state index in [0.717, 1.165) is 6.33 Å². The van der Waals surface area contributed by atoms with Crippen molar-refractivity contribution in [2.45, 2.75) is 38.9 Å². The monoisotopic (exact) mass is 288 g/mol. The number of aromatic nitrogens is 4. The van der Waals surface area contributed by atoms with Gasteiger partial charge in [0.25, 0.3) is 5.56 Å². The third-order valence-electron chi connectivity index (χ3n) is 3.06. The van der Waals surface area contributed by atoms with E-state index in [2.05, 4.69) is 4.98 Å². The second kappa shape index (κ2) is 5.60. The van der Waals surface area contributed by atoms with Gasteiger partial charge in [0.2, 0.25) is 0 Å². The van der Waals surface area contributed by atoms with Crippen molar-refractivity contribution in [1.29, 1.82) is 0 Å². The van der Waals surface area contributed by atoms with E-state index in [1.165, 1.54) is 6.92 Å². The van der Waals surface area contributed by atoms with Gasteiger partial charge >= 0.3 is 5.69 Å². The average molecular weight is 288 g/mol. The summed E-state index contributed by atoms with van der Waals surface area (Å²) in [5.41, 5.74) is -3.04. The molecule has 0 spiro atoms. The van der Waals surface area contributed by atoms with Gasteiger partial charge in [-0.15, -0.1) is 0 Å². The molecule has 2 aromatic rings. The number of alkyl halides is 1. The van der Waals surface area contributed by atoms with Crippen LogP contribution in [0.4, 0.5) is 4.39 Å². The molecule has 0 amide bonds. The largest absolute Gasteiger partial charge is 0.332 e. The highest BCUT2D eigenvalue weighted by Gasteiger charge is 2.14. The molecule has 0 N–H and O–H groups in total. The zero-order valence-electron chi connectivity index (χ0n) is 17.0. The van der Waals surface area contributed by atoms with Crippen molar-refractivity contribution in [3.63, 3.8) is 0 Å². The zero-order valence-corrected chi connectivity index (χ0v) is 11.0. The van der Waals surface area contributed by atoms with E-state index in [0.29, 0.717) is 20.1 Å². The number of halogens is 1. The van der Waals surface area contributed by atoms with Crippen LogP contribution in [0.1, 0.15) is 34.4 Å². The van der Waals surface area contributed by atoms with Gasteiger partial charge < -0.3 is 4.57 Å². The second-order valence-electron chi connectivity index (χ2n) is 4.64. The summed E-state index contributed by atoms with van der Waals surface area (Å²) >= 11 is 0. The summed E-state index contributed by atoms with van der Waals surface area (Å²) in [6.07, 6.45) is 0.657. The Morgan fingerprint density at radius 1 is 1.40 bits per heavy atom. The first-order chi connectivity index (χ1) is 11.9. The van der Waals surface area contributed by atoms with Gasteiger partial charge in [0, 0.05) is 28.7 Å². The fourth-order valence-electron chi connectivity index (χ4n) is 2.02. The van der Waals surface area contributed by atoms with Gasteiger partial charge in [-0.1, -0.05) is 0 Å². The molecule has 1 unspecified atom stereocenters. The molecule has 0 aromatic carbocycles. The standard InChI is InChI=1S/C13H19FN4O2/c1-9(14)6-4-5-7-18-12(19)10-11(15-8-16(10)2)17(3)13(18)20/h8-9H,4-7H2,1-3H3/i2D3,3D3. The Kier molecular flexibility index (Phi) is 2.35. The summed E-state index contributed by atoms with van der Waals surface area (Å²) in [6.45, 7) is -4.49. The lowest BCUT2D eigenvalue weighted by Crippen LogP contribution is -2.39. The molecule has 20 heavy (non-hydrogen) atoms. The van der Waals surface area contributed by atoms with E-state index in [1.807, 2.05) is 0 Å². The Morgan fingerprint density at radius 3 is 2.85 bits per heavy atom. The molecule has 110 valence electrons. The Labute approximate surface area is 123 Å². The minimum absolute atomic E-state index is 0.150. The normalized spacial score (nSPS) is 18.7. The van der Waals surface area contributed by atoms with Crippen LogP contribution in [-0.2, 0) is 20.5 Å². The lowest BCUT2D eigenvalue weighted by atomic mass is 10.2. The lowest BCUT2D eigenvalue weighted by Gasteiger charge is -2.08. The molecule has 0 bridgehead atoms. The van der Waals surface area contributed by atoms with E-state index < -0.39 is 42.5 Å². The van der Waals surface area contributed by atoms with Crippen LogP contribution >= 0.6 is 0 Å². The van der Waals surface area contributed by atoms with E-state index in [-0.39, 0.29) is 19.4 Å². The third kappa shape index (κ3) is 2.52. The summed E-state index contributed by atoms with van der Waals surface area (Å²) in [4.78, 5) is 28.9. The molecular weight excluding hydrogens is 263 g/mol. The summed E-state index contributed by atoms with van der Waals surface area (Å²) in [6, 6.07) is 0. The molecule has 7 heteroatoms. The van der Waals surface area contributed by atoms with Gasteiger partial charge in [-0.2, -0.15) is 0 Å². The molecule has 0 aliphatic heterocycles. The second-order valence-corrected chi connectivity index (χ2v) is 4.64. The van der Waals surface area contributed by atoms with Crippen LogP contribution in [-0.4, -0.2) is 24.9 Å². The van der Waals surface area contributed by atoms with Crippen LogP contribution in [0.3, 0.4) is 0 Å². The Hall–Kier alpha value is -1.92. The van der Waals surface area contributed by atoms with Gasteiger partial charge in [-0.3, -0.25) is 13.9 Å². The SMILES string of the molecule is [2H]C([2H])([2H])n1cnc2c1c(=O)n(CCCCC(C)F)c(=O)n2C([2H])([2H])[2H]. The number of nitrogens with zero attached hydrogens (tertiary/aromatic N) is 4. The maximum atomic E-state index is 12.9. The van der Waals surface area contributed by atoms with Gasteiger partial charge in [0.1, 0.15) is 0 Å². The van der Waals surface area contributed by atoms with Crippen molar-refractivity contribution < 1.29 is 12.6 Å². The Bertz CT molecular complexity index is 909. The molecule has 0 aliphatic rings. The van der Waals surface area contributed by atoms with Gasteiger partial charge in [0.15, 0.2) is 11.2 Å². The van der Waals surface area contributed by atoms with Gasteiger partial charge in [-0.25, -0.2) is 14.2 Å². The van der Waals surface area contributed by atoms with Crippen molar-refractivity contribution in [3.05, 3.63) is 27.2 Å². The first-order valence-electron chi connectivity index (χ1n) is 9.23. The van der Waals surface area contributed by atoms with E-state index in [1.54, 1.807) is 0 Å². The smallest absolute Gasteiger partial charge is 0.328 e. The summed E-state index contributed by atoms with van der Waals surface area (Å²) in [5, 5.41) is 0. The van der Waals surface area contributed by atoms with Crippen LogP contribution in [0.25, 0.3) is 11.2 Å². The van der Waals surface area contributed by atoms with E-state index in [4.69, 9.17) is 8.22 Å². The molecule has 0 aliphatic carbocycles. The molecule has 6 nitrogen and oxygen atoms in total. The number of rotatable bonds is 5. The minimum atomic E-state index is -2.95. The highest BCUT2D eigenvalue weighted by molar-refractivity contribution is 5.69. The Morgan fingerprint density at radius 2 is 2.20 bits per heavy atom. The first kappa shape index (κ1) is 8.39. The highest BCUT2D eigenvalue weighted by Crippen LogP contribution is 2.06. The number of hydrogen-bond acceptors (Lipinski definition) is 3. The quantitative estimate of drug-likeness (QED) is 0.770. The Balaban J connectivity index is 2.68. The van der Waals surface area contributed by atoms with Crippen LogP contribution in [0.2, 0.25) is 0 Å². The molecule has 0 saturated carbocycles. The zero-order chi connectivity index (χ0) is 19.9. The fourth-order valence-corrected chi connectivity index (χ4v) is 2.02. The van der Waals surface area contributed by atoms with Crippen LogP contribution in [0, 0.1) is 0 Å². The molecule has 0 radical (unpaired) electrons. The topological polar surface area (TPSA) is 61.8 Å². The van der Waals surface area contributed by atoms with Crippen LogP contribution in [0.15, 0.2) is 15.9 Å². The maximum absolute atomic E-state index is 12.9. The minimum Gasteiger partial charge on any atom is -0.328 e. The van der Waals surface area contributed by atoms with Gasteiger partial charge in [-0.05, 0) is 26.2 Å². The third-order valence-corrected chi connectivity index (χ3v) is 3.06. The number of hydrogen-bond donors (Lipinski definition) is 0. The summed E-state index contributed by atoms with van der Waals surface area (Å²) in [5.74, 6) is 0. The lowest BCUT2D eigenvalue weighted by molar-refractivity contribution is 0.328. The number of aryl methyl sites for hydroxylation is 2. The first-order valence-corrected chi connectivity index (χ1v) is 6.23. The molecule has 1 atom stereocenters. The van der Waals surface area contributed by atoms with Crippen LogP contribution in [0.5, 0.6) is 0 Å². The fraction of sp³-hybridized carbons (Fsp3) is 0.615. The number of unbranched alkanes of at least 4 members (excludes halogenated alkanes) is 1. The summed E-state index contributed by atoms with van der Waals surface area (Å²) in [7, 11) is 0. The summed E-state index contributed by atoms with van der Waals surface area (Å²) < 4.78 is 59.5.